The Balaban J connectivity index is 2.16. The highest BCUT2D eigenvalue weighted by Gasteiger charge is 2.13. The van der Waals surface area contributed by atoms with Gasteiger partial charge in [0.25, 0.3) is 5.91 Å². The number of hydrogen-bond donors (Lipinski definition) is 1. The molecule has 2 aromatic rings. The molecule has 0 radical (unpaired) electrons. The highest BCUT2D eigenvalue weighted by molar-refractivity contribution is 7.13. The summed E-state index contributed by atoms with van der Waals surface area (Å²) in [5, 5.41) is 5.67. The van der Waals surface area contributed by atoms with Gasteiger partial charge >= 0.3 is 0 Å². The summed E-state index contributed by atoms with van der Waals surface area (Å²) in [6, 6.07) is 5.48. The smallest absolute Gasteiger partial charge is 0.271 e. The summed E-state index contributed by atoms with van der Waals surface area (Å²) >= 11 is 7.67. The summed E-state index contributed by atoms with van der Waals surface area (Å²) < 4.78 is 5.54. The van der Waals surface area contributed by atoms with Gasteiger partial charge in [-0.3, -0.25) is 4.79 Å². The van der Waals surface area contributed by atoms with Crippen LogP contribution in [0.2, 0.25) is 5.02 Å². The zero-order chi connectivity index (χ0) is 15.9. The van der Waals surface area contributed by atoms with Gasteiger partial charge in [0.05, 0.1) is 11.6 Å². The third-order valence-corrected chi connectivity index (χ3v) is 3.98. The van der Waals surface area contributed by atoms with Crippen LogP contribution in [0.15, 0.2) is 36.2 Å². The first-order valence-electron chi connectivity index (χ1n) is 6.93. The van der Waals surface area contributed by atoms with Crippen molar-refractivity contribution in [3.63, 3.8) is 0 Å². The van der Waals surface area contributed by atoms with E-state index in [2.05, 4.69) is 16.9 Å². The standard InChI is InChI=1S/C16H17ClN2O2S/c1-3-7-18-15(20)14-10-22-16(19-14)12-6-5-11(9-13(12)17)21-8-4-2/h3,5-6,9-10H,1,4,7-8H2,2H3,(H,18,20). The van der Waals surface area contributed by atoms with Crippen molar-refractivity contribution in [2.75, 3.05) is 13.2 Å². The first kappa shape index (κ1) is 16.5. The molecule has 0 aliphatic carbocycles. The van der Waals surface area contributed by atoms with E-state index in [-0.39, 0.29) is 5.91 Å². The number of halogens is 1. The molecule has 1 heterocycles. The van der Waals surface area contributed by atoms with Crippen molar-refractivity contribution < 1.29 is 9.53 Å². The minimum atomic E-state index is -0.221. The van der Waals surface area contributed by atoms with Crippen LogP contribution in [0.1, 0.15) is 23.8 Å². The Kier molecular flexibility index (Phi) is 5.98. The van der Waals surface area contributed by atoms with E-state index in [1.54, 1.807) is 17.5 Å². The number of amides is 1. The van der Waals surface area contributed by atoms with Crippen LogP contribution >= 0.6 is 22.9 Å². The van der Waals surface area contributed by atoms with Crippen molar-refractivity contribution in [3.8, 4) is 16.3 Å². The fraction of sp³-hybridized carbons (Fsp3) is 0.250. The molecule has 6 heteroatoms. The molecule has 1 N–H and O–H groups in total. The number of rotatable bonds is 7. The van der Waals surface area contributed by atoms with Crippen LogP contribution in [0, 0.1) is 0 Å². The zero-order valence-corrected chi connectivity index (χ0v) is 13.8. The van der Waals surface area contributed by atoms with E-state index in [0.717, 1.165) is 17.7 Å². The molecule has 1 aromatic carbocycles. The van der Waals surface area contributed by atoms with Crippen molar-refractivity contribution >= 4 is 28.8 Å². The van der Waals surface area contributed by atoms with Gasteiger partial charge in [0.15, 0.2) is 0 Å². The summed E-state index contributed by atoms with van der Waals surface area (Å²) in [4.78, 5) is 16.2. The Morgan fingerprint density at radius 1 is 1.55 bits per heavy atom. The summed E-state index contributed by atoms with van der Waals surface area (Å²) in [5.74, 6) is 0.512. The van der Waals surface area contributed by atoms with Crippen molar-refractivity contribution in [1.29, 1.82) is 0 Å². The van der Waals surface area contributed by atoms with E-state index in [1.165, 1.54) is 11.3 Å². The van der Waals surface area contributed by atoms with Gasteiger partial charge in [0.1, 0.15) is 16.5 Å². The van der Waals surface area contributed by atoms with Crippen LogP contribution in [0.4, 0.5) is 0 Å². The number of nitrogens with one attached hydrogen (secondary N) is 1. The average molecular weight is 337 g/mol. The van der Waals surface area contributed by atoms with Gasteiger partial charge in [0, 0.05) is 17.5 Å². The lowest BCUT2D eigenvalue weighted by atomic mass is 10.2. The topological polar surface area (TPSA) is 51.2 Å². The number of nitrogens with zero attached hydrogens (tertiary/aromatic N) is 1. The highest BCUT2D eigenvalue weighted by atomic mass is 35.5. The van der Waals surface area contributed by atoms with E-state index in [0.29, 0.717) is 28.9 Å². The number of carbonyl (C=O) groups is 1. The van der Waals surface area contributed by atoms with Crippen molar-refractivity contribution in [2.24, 2.45) is 0 Å². The van der Waals surface area contributed by atoms with E-state index >= 15 is 0 Å². The lowest BCUT2D eigenvalue weighted by molar-refractivity contribution is 0.0954. The van der Waals surface area contributed by atoms with Crippen LogP contribution in [-0.2, 0) is 0 Å². The molecule has 0 aliphatic rings. The highest BCUT2D eigenvalue weighted by Crippen LogP contribution is 2.33. The van der Waals surface area contributed by atoms with Gasteiger partial charge in [-0.1, -0.05) is 24.6 Å². The van der Waals surface area contributed by atoms with E-state index in [1.807, 2.05) is 19.1 Å². The molecule has 0 bridgehead atoms. The number of ether oxygens (including phenoxy) is 1. The van der Waals surface area contributed by atoms with E-state index in [9.17, 15) is 4.79 Å². The normalized spacial score (nSPS) is 10.3. The van der Waals surface area contributed by atoms with Gasteiger partial charge in [-0.15, -0.1) is 17.9 Å². The van der Waals surface area contributed by atoms with Crippen molar-refractivity contribution in [2.45, 2.75) is 13.3 Å². The SMILES string of the molecule is C=CCNC(=O)c1csc(-c2ccc(OCCC)cc2Cl)n1. The Morgan fingerprint density at radius 3 is 3.05 bits per heavy atom. The number of benzene rings is 1. The Hall–Kier alpha value is -1.85. The predicted octanol–water partition coefficient (Wildman–Crippen LogP) is 4.17. The number of thiazole rings is 1. The van der Waals surface area contributed by atoms with Crippen molar-refractivity contribution in [3.05, 3.63) is 47.0 Å². The van der Waals surface area contributed by atoms with E-state index in [4.69, 9.17) is 16.3 Å². The summed E-state index contributed by atoms with van der Waals surface area (Å²) in [7, 11) is 0. The molecule has 22 heavy (non-hydrogen) atoms. The fourth-order valence-electron chi connectivity index (χ4n) is 1.74. The molecule has 0 spiro atoms. The number of hydrogen-bond acceptors (Lipinski definition) is 4. The Bertz CT molecular complexity index is 670. The lowest BCUT2D eigenvalue weighted by Gasteiger charge is -2.06. The Labute approximate surface area is 138 Å². The minimum Gasteiger partial charge on any atom is -0.494 e. The minimum absolute atomic E-state index is 0.221. The third kappa shape index (κ3) is 4.08. The second kappa shape index (κ2) is 7.96. The zero-order valence-electron chi connectivity index (χ0n) is 12.3. The van der Waals surface area contributed by atoms with Gasteiger partial charge in [-0.05, 0) is 24.6 Å². The summed E-state index contributed by atoms with van der Waals surface area (Å²) in [5.41, 5.74) is 1.17. The van der Waals surface area contributed by atoms with Crippen LogP contribution < -0.4 is 10.1 Å². The lowest BCUT2D eigenvalue weighted by Crippen LogP contribution is -2.23. The molecule has 1 amide bonds. The van der Waals surface area contributed by atoms with Crippen LogP contribution in [-0.4, -0.2) is 24.0 Å². The van der Waals surface area contributed by atoms with Gasteiger partial charge in [0.2, 0.25) is 0 Å². The molecule has 2 rings (SSSR count). The quantitative estimate of drug-likeness (QED) is 0.772. The monoisotopic (exact) mass is 336 g/mol. The second-order valence-corrected chi connectivity index (χ2v) is 5.79. The fourth-order valence-corrected chi connectivity index (χ4v) is 2.89. The summed E-state index contributed by atoms with van der Waals surface area (Å²) in [6.07, 6.45) is 2.56. The van der Waals surface area contributed by atoms with Crippen molar-refractivity contribution in [1.82, 2.24) is 10.3 Å². The Morgan fingerprint density at radius 2 is 2.36 bits per heavy atom. The molecule has 0 atom stereocenters. The molecule has 0 unspecified atom stereocenters. The molecule has 1 aromatic heterocycles. The molecule has 0 saturated carbocycles. The van der Waals surface area contributed by atoms with Crippen LogP contribution in [0.3, 0.4) is 0 Å². The maximum Gasteiger partial charge on any atom is 0.271 e. The molecule has 4 nitrogen and oxygen atoms in total. The van der Waals surface area contributed by atoms with Gasteiger partial charge < -0.3 is 10.1 Å². The largest absolute Gasteiger partial charge is 0.494 e. The first-order valence-corrected chi connectivity index (χ1v) is 8.18. The maximum absolute atomic E-state index is 11.8. The van der Waals surface area contributed by atoms with Gasteiger partial charge in [-0.2, -0.15) is 0 Å². The van der Waals surface area contributed by atoms with Gasteiger partial charge in [-0.25, -0.2) is 4.98 Å². The molecule has 0 saturated heterocycles. The molecular formula is C16H17ClN2O2S. The van der Waals surface area contributed by atoms with Crippen LogP contribution in [0.25, 0.3) is 10.6 Å². The molecule has 0 aliphatic heterocycles. The first-order chi connectivity index (χ1) is 10.7. The molecule has 116 valence electrons. The predicted molar refractivity (Wildman–Crippen MR) is 90.9 cm³/mol. The number of aromatic nitrogens is 1. The molecule has 0 fully saturated rings. The molecular weight excluding hydrogens is 320 g/mol. The van der Waals surface area contributed by atoms with E-state index < -0.39 is 0 Å². The third-order valence-electron chi connectivity index (χ3n) is 2.79. The second-order valence-electron chi connectivity index (χ2n) is 4.53. The van der Waals surface area contributed by atoms with Crippen LogP contribution in [0.5, 0.6) is 5.75 Å². The summed E-state index contributed by atoms with van der Waals surface area (Å²) in [6.45, 7) is 6.67. The number of carbonyl (C=O) groups excluding carboxylic acids is 1. The average Bonchev–Trinajstić information content (AvgIpc) is 3.00. The maximum atomic E-state index is 11.8.